The number of quaternary nitrogens is 1. The lowest BCUT2D eigenvalue weighted by molar-refractivity contribution is -0.906. The molecule has 24 heavy (non-hydrogen) atoms. The van der Waals surface area contributed by atoms with Gasteiger partial charge in [0.05, 0.1) is 32.6 Å². The molecule has 2 rings (SSSR count). The van der Waals surface area contributed by atoms with E-state index in [1.54, 1.807) is 0 Å². The van der Waals surface area contributed by atoms with Gasteiger partial charge in [-0.15, -0.1) is 0 Å². The number of hydrogen-bond donors (Lipinski definition) is 1. The number of thioether (sulfide) groups is 1. The molecule has 1 aliphatic heterocycles. The Bertz CT molecular complexity index is 538. The standard InChI is InChI=1S/C20H32N2OS/c1-16(2)18-7-5-8-19(15-18)17(3)20(23)21-9-6-10-22(4)11-13-24-14-12-22/h5,7-8,15-17H,6,9-14H2,1-4H3/p+1/t17-/m1/s1. The first-order valence-corrected chi connectivity index (χ1v) is 10.4. The van der Waals surface area contributed by atoms with E-state index in [4.69, 9.17) is 0 Å². The van der Waals surface area contributed by atoms with Crippen LogP contribution in [0, 0.1) is 0 Å². The molecule has 1 aliphatic rings. The van der Waals surface area contributed by atoms with Gasteiger partial charge in [0, 0.05) is 24.5 Å². The lowest BCUT2D eigenvalue weighted by Crippen LogP contribution is -2.51. The van der Waals surface area contributed by atoms with Gasteiger partial charge < -0.3 is 9.80 Å². The first-order valence-electron chi connectivity index (χ1n) is 9.20. The molecule has 0 aromatic heterocycles. The molecule has 1 atom stereocenters. The van der Waals surface area contributed by atoms with Crippen molar-refractivity contribution in [3.05, 3.63) is 35.4 Å². The summed E-state index contributed by atoms with van der Waals surface area (Å²) in [6.07, 6.45) is 1.06. The highest BCUT2D eigenvalue weighted by atomic mass is 32.2. The summed E-state index contributed by atoms with van der Waals surface area (Å²) >= 11 is 2.06. The van der Waals surface area contributed by atoms with Crippen molar-refractivity contribution in [2.24, 2.45) is 0 Å². The van der Waals surface area contributed by atoms with Crippen LogP contribution in [0.25, 0.3) is 0 Å². The summed E-state index contributed by atoms with van der Waals surface area (Å²) in [6, 6.07) is 8.44. The van der Waals surface area contributed by atoms with Gasteiger partial charge in [0.15, 0.2) is 0 Å². The molecule has 1 fully saturated rings. The molecule has 3 nitrogen and oxygen atoms in total. The third kappa shape index (κ3) is 5.52. The molecular weight excluding hydrogens is 316 g/mol. The van der Waals surface area contributed by atoms with Gasteiger partial charge >= 0.3 is 0 Å². The molecule has 1 N–H and O–H groups in total. The van der Waals surface area contributed by atoms with Crippen LogP contribution in [0.5, 0.6) is 0 Å². The zero-order valence-corrected chi connectivity index (χ0v) is 16.5. The maximum Gasteiger partial charge on any atom is 0.227 e. The van der Waals surface area contributed by atoms with Crippen molar-refractivity contribution in [1.29, 1.82) is 0 Å². The molecule has 134 valence electrons. The van der Waals surface area contributed by atoms with Crippen LogP contribution in [-0.4, -0.2) is 55.1 Å². The second kappa shape index (κ2) is 8.91. The second-order valence-corrected chi connectivity index (χ2v) is 8.82. The van der Waals surface area contributed by atoms with E-state index in [-0.39, 0.29) is 11.8 Å². The maximum atomic E-state index is 12.4. The van der Waals surface area contributed by atoms with Gasteiger partial charge in [-0.3, -0.25) is 4.79 Å². The molecule has 1 heterocycles. The summed E-state index contributed by atoms with van der Waals surface area (Å²) in [5.74, 6) is 3.10. The van der Waals surface area contributed by atoms with Gasteiger partial charge in [-0.2, -0.15) is 11.8 Å². The summed E-state index contributed by atoms with van der Waals surface area (Å²) in [5, 5.41) is 3.13. The Morgan fingerprint density at radius 1 is 1.21 bits per heavy atom. The Balaban J connectivity index is 1.78. The van der Waals surface area contributed by atoms with Crippen molar-refractivity contribution in [3.63, 3.8) is 0 Å². The van der Waals surface area contributed by atoms with E-state index in [0.29, 0.717) is 5.92 Å². The molecule has 1 saturated heterocycles. The van der Waals surface area contributed by atoms with Crippen molar-refractivity contribution in [1.82, 2.24) is 5.32 Å². The monoisotopic (exact) mass is 349 g/mol. The van der Waals surface area contributed by atoms with E-state index in [9.17, 15) is 4.79 Å². The minimum atomic E-state index is -0.0835. The lowest BCUT2D eigenvalue weighted by Gasteiger charge is -2.37. The predicted octanol–water partition coefficient (Wildman–Crippen LogP) is 3.61. The molecule has 0 unspecified atom stereocenters. The zero-order chi connectivity index (χ0) is 17.6. The fourth-order valence-corrected chi connectivity index (χ4v) is 4.52. The molecule has 1 aromatic rings. The smallest absolute Gasteiger partial charge is 0.227 e. The van der Waals surface area contributed by atoms with Gasteiger partial charge in [0.25, 0.3) is 0 Å². The summed E-state index contributed by atoms with van der Waals surface area (Å²) < 4.78 is 1.16. The van der Waals surface area contributed by atoms with Gasteiger partial charge in [0.2, 0.25) is 5.91 Å². The zero-order valence-electron chi connectivity index (χ0n) is 15.7. The van der Waals surface area contributed by atoms with Gasteiger partial charge in [-0.25, -0.2) is 0 Å². The second-order valence-electron chi connectivity index (χ2n) is 7.59. The van der Waals surface area contributed by atoms with E-state index in [1.165, 1.54) is 30.2 Å². The Hall–Kier alpha value is -1.00. The third-order valence-corrected chi connectivity index (χ3v) is 6.14. The highest BCUT2D eigenvalue weighted by Gasteiger charge is 2.24. The number of benzene rings is 1. The van der Waals surface area contributed by atoms with Crippen molar-refractivity contribution in [2.75, 3.05) is 44.7 Å². The molecule has 0 spiro atoms. The van der Waals surface area contributed by atoms with Gasteiger partial charge in [-0.05, 0) is 24.0 Å². The Morgan fingerprint density at radius 3 is 2.54 bits per heavy atom. The number of amides is 1. The number of nitrogens with zero attached hydrogens (tertiary/aromatic N) is 1. The SMILES string of the molecule is CC(C)c1cccc([C@@H](C)C(=O)NCCC[N+]2(C)CCSCC2)c1. The van der Waals surface area contributed by atoms with Crippen molar-refractivity contribution < 1.29 is 9.28 Å². The van der Waals surface area contributed by atoms with E-state index in [1.807, 2.05) is 6.92 Å². The fraction of sp³-hybridized carbons (Fsp3) is 0.650. The van der Waals surface area contributed by atoms with Crippen LogP contribution < -0.4 is 5.32 Å². The number of carbonyl (C=O) groups excluding carboxylic acids is 1. The predicted molar refractivity (Wildman–Crippen MR) is 105 cm³/mol. The average Bonchev–Trinajstić information content (AvgIpc) is 2.58. The van der Waals surface area contributed by atoms with E-state index >= 15 is 0 Å². The molecular formula is C20H33N2OS+. The Labute approximate surface area is 151 Å². The summed E-state index contributed by atoms with van der Waals surface area (Å²) in [6.45, 7) is 10.9. The summed E-state index contributed by atoms with van der Waals surface area (Å²) in [7, 11) is 2.35. The van der Waals surface area contributed by atoms with E-state index in [0.717, 1.165) is 29.6 Å². The van der Waals surface area contributed by atoms with Crippen LogP contribution >= 0.6 is 11.8 Å². The van der Waals surface area contributed by atoms with E-state index < -0.39 is 0 Å². The highest BCUT2D eigenvalue weighted by Crippen LogP contribution is 2.21. The number of rotatable bonds is 7. The Kier molecular flexibility index (Phi) is 7.17. The summed E-state index contributed by atoms with van der Waals surface area (Å²) in [5.41, 5.74) is 2.42. The first-order chi connectivity index (χ1) is 11.4. The van der Waals surface area contributed by atoms with Gasteiger partial charge in [-0.1, -0.05) is 38.1 Å². The number of nitrogens with one attached hydrogen (secondary N) is 1. The highest BCUT2D eigenvalue weighted by molar-refractivity contribution is 7.99. The lowest BCUT2D eigenvalue weighted by atomic mass is 9.94. The molecule has 0 bridgehead atoms. The van der Waals surface area contributed by atoms with Crippen LogP contribution in [0.4, 0.5) is 0 Å². The maximum absolute atomic E-state index is 12.4. The molecule has 4 heteroatoms. The topological polar surface area (TPSA) is 29.1 Å². The fourth-order valence-electron chi connectivity index (χ4n) is 3.17. The van der Waals surface area contributed by atoms with Crippen LogP contribution in [-0.2, 0) is 4.79 Å². The van der Waals surface area contributed by atoms with Crippen molar-refractivity contribution in [3.8, 4) is 0 Å². The van der Waals surface area contributed by atoms with Crippen LogP contribution in [0.2, 0.25) is 0 Å². The first kappa shape index (κ1) is 19.3. The quantitative estimate of drug-likeness (QED) is 0.602. The minimum absolute atomic E-state index is 0.0835. The molecule has 1 aromatic carbocycles. The normalized spacial score (nSPS) is 18.4. The number of hydrogen-bond acceptors (Lipinski definition) is 2. The van der Waals surface area contributed by atoms with Crippen LogP contribution in [0.1, 0.15) is 50.2 Å². The summed E-state index contributed by atoms with van der Waals surface area (Å²) in [4.78, 5) is 12.4. The van der Waals surface area contributed by atoms with E-state index in [2.05, 4.69) is 62.2 Å². The molecule has 0 saturated carbocycles. The molecule has 0 aliphatic carbocycles. The number of carbonyl (C=O) groups is 1. The van der Waals surface area contributed by atoms with Gasteiger partial charge in [0.1, 0.15) is 0 Å². The van der Waals surface area contributed by atoms with Crippen LogP contribution in [0.3, 0.4) is 0 Å². The average molecular weight is 350 g/mol. The van der Waals surface area contributed by atoms with Crippen LogP contribution in [0.15, 0.2) is 24.3 Å². The third-order valence-electron chi connectivity index (χ3n) is 5.20. The molecule has 1 amide bonds. The largest absolute Gasteiger partial charge is 0.355 e. The van der Waals surface area contributed by atoms with Crippen molar-refractivity contribution >= 4 is 17.7 Å². The molecule has 0 radical (unpaired) electrons. The van der Waals surface area contributed by atoms with Crippen molar-refractivity contribution in [2.45, 2.75) is 39.0 Å². The Morgan fingerprint density at radius 2 is 1.88 bits per heavy atom. The minimum Gasteiger partial charge on any atom is -0.355 e.